The fourth-order valence-corrected chi connectivity index (χ4v) is 2.98. The van der Waals surface area contributed by atoms with Crippen LogP contribution in [0.15, 0.2) is 51.8 Å². The van der Waals surface area contributed by atoms with Crippen molar-refractivity contribution in [3.05, 3.63) is 46.7 Å². The summed E-state index contributed by atoms with van der Waals surface area (Å²) in [5.74, 6) is 0.706. The average molecular weight is 278 g/mol. The number of aryl methyl sites for hydroxylation is 1. The van der Waals surface area contributed by atoms with Gasteiger partial charge >= 0.3 is 0 Å². The summed E-state index contributed by atoms with van der Waals surface area (Å²) in [5.41, 5.74) is 0. The number of hydrogen-bond acceptors (Lipinski definition) is 3. The zero-order valence-electron chi connectivity index (χ0n) is 10.1. The van der Waals surface area contributed by atoms with Crippen molar-refractivity contribution in [1.29, 1.82) is 0 Å². The quantitative estimate of drug-likeness (QED) is 0.806. The van der Waals surface area contributed by atoms with Gasteiger partial charge in [-0.1, -0.05) is 18.2 Å². The maximum atomic E-state index is 11.7. The minimum absolute atomic E-state index is 0.0588. The summed E-state index contributed by atoms with van der Waals surface area (Å²) in [7, 11) is 1.89. The zero-order chi connectivity index (χ0) is 12.8. The van der Waals surface area contributed by atoms with E-state index in [1.165, 1.54) is 16.2 Å². The Kier molecular flexibility index (Phi) is 4.78. The lowest BCUT2D eigenvalue weighted by Gasteiger charge is -1.98. The third-order valence-electron chi connectivity index (χ3n) is 2.31. The molecule has 18 heavy (non-hydrogen) atoms. The molecule has 0 bridgehead atoms. The maximum Gasteiger partial charge on any atom is 0.249 e. The molecule has 0 spiro atoms. The molecule has 2 rings (SSSR count). The number of aromatic nitrogens is 1. The second kappa shape index (κ2) is 6.56. The van der Waals surface area contributed by atoms with Gasteiger partial charge in [0.05, 0.1) is 0 Å². The maximum absolute atomic E-state index is 11.7. The average Bonchev–Trinajstić information content (AvgIpc) is 2.76. The van der Waals surface area contributed by atoms with E-state index in [0.29, 0.717) is 6.42 Å². The van der Waals surface area contributed by atoms with Crippen molar-refractivity contribution in [2.45, 2.75) is 11.3 Å². The number of hydrogen-bond donors (Lipinski definition) is 0. The molecule has 0 aliphatic heterocycles. The summed E-state index contributed by atoms with van der Waals surface area (Å²) in [4.78, 5) is 17.7. The second-order valence-corrected chi connectivity index (χ2v) is 5.75. The Balaban J connectivity index is 1.85. The minimum atomic E-state index is -0.0588. The van der Waals surface area contributed by atoms with E-state index in [1.54, 1.807) is 11.8 Å². The lowest BCUT2D eigenvalue weighted by molar-refractivity contribution is -0.117. The highest BCUT2D eigenvalue weighted by molar-refractivity contribution is 7.99. The van der Waals surface area contributed by atoms with E-state index >= 15 is 0 Å². The van der Waals surface area contributed by atoms with Gasteiger partial charge in [-0.25, -0.2) is 0 Å². The van der Waals surface area contributed by atoms with E-state index in [2.05, 4.69) is 4.99 Å². The van der Waals surface area contributed by atoms with E-state index in [0.717, 1.165) is 10.6 Å². The minimum Gasteiger partial charge on any atom is -0.327 e. The van der Waals surface area contributed by atoms with Crippen LogP contribution in [0.2, 0.25) is 0 Å². The molecule has 1 heterocycles. The molecule has 0 saturated carbocycles. The van der Waals surface area contributed by atoms with Crippen LogP contribution >= 0.6 is 23.1 Å². The standard InChI is InChI=1S/C13H14N2OS2/c1-15-8-10-18-13(15)14-12(16)7-9-17-11-5-3-2-4-6-11/h2-6,8,10H,7,9H2,1H3. The normalized spacial score (nSPS) is 11.7. The van der Waals surface area contributed by atoms with Gasteiger partial charge in [-0.05, 0) is 12.1 Å². The summed E-state index contributed by atoms with van der Waals surface area (Å²) < 4.78 is 1.85. The highest BCUT2D eigenvalue weighted by Gasteiger charge is 2.01. The molecule has 1 aromatic heterocycles. The van der Waals surface area contributed by atoms with Gasteiger partial charge in [0.15, 0.2) is 4.80 Å². The number of benzene rings is 1. The van der Waals surface area contributed by atoms with E-state index in [-0.39, 0.29) is 5.91 Å². The van der Waals surface area contributed by atoms with Crippen molar-refractivity contribution < 1.29 is 4.79 Å². The SMILES string of the molecule is Cn1ccsc1=NC(=O)CCSc1ccccc1. The van der Waals surface area contributed by atoms with Crippen molar-refractivity contribution in [2.24, 2.45) is 12.0 Å². The first-order valence-corrected chi connectivity index (χ1v) is 7.48. The molecule has 2 aromatic rings. The highest BCUT2D eigenvalue weighted by Crippen LogP contribution is 2.17. The lowest BCUT2D eigenvalue weighted by atomic mass is 10.4. The zero-order valence-corrected chi connectivity index (χ0v) is 11.7. The van der Waals surface area contributed by atoms with Crippen molar-refractivity contribution in [2.75, 3.05) is 5.75 Å². The molecular weight excluding hydrogens is 264 g/mol. The summed E-state index contributed by atoms with van der Waals surface area (Å²) in [6.07, 6.45) is 2.37. The first-order chi connectivity index (χ1) is 8.75. The Bertz CT molecular complexity index is 572. The summed E-state index contributed by atoms with van der Waals surface area (Å²) in [5, 5.41) is 1.92. The van der Waals surface area contributed by atoms with Gasteiger partial charge < -0.3 is 4.57 Å². The predicted octanol–water partition coefficient (Wildman–Crippen LogP) is 2.70. The van der Waals surface area contributed by atoms with Crippen LogP contribution < -0.4 is 4.80 Å². The van der Waals surface area contributed by atoms with Crippen LogP contribution in [0.4, 0.5) is 0 Å². The Hall–Kier alpha value is -1.33. The molecule has 0 fully saturated rings. The van der Waals surface area contributed by atoms with Crippen LogP contribution in [-0.4, -0.2) is 16.2 Å². The molecule has 0 unspecified atom stereocenters. The molecule has 0 atom stereocenters. The van der Waals surface area contributed by atoms with Gasteiger partial charge in [-0.15, -0.1) is 23.1 Å². The van der Waals surface area contributed by atoms with Crippen molar-refractivity contribution in [3.63, 3.8) is 0 Å². The van der Waals surface area contributed by atoms with Gasteiger partial charge in [0, 0.05) is 35.7 Å². The Morgan fingerprint density at radius 2 is 2.17 bits per heavy atom. The summed E-state index contributed by atoms with van der Waals surface area (Å²) in [6, 6.07) is 10.1. The van der Waals surface area contributed by atoms with Crippen LogP contribution in [0, 0.1) is 0 Å². The summed E-state index contributed by atoms with van der Waals surface area (Å²) in [6.45, 7) is 0. The third kappa shape index (κ3) is 3.85. The fraction of sp³-hybridized carbons (Fsp3) is 0.231. The van der Waals surface area contributed by atoms with Gasteiger partial charge in [-0.3, -0.25) is 4.79 Å². The topological polar surface area (TPSA) is 34.4 Å². The molecule has 1 amide bonds. The van der Waals surface area contributed by atoms with Crippen molar-refractivity contribution in [1.82, 2.24) is 4.57 Å². The van der Waals surface area contributed by atoms with Crippen molar-refractivity contribution >= 4 is 29.0 Å². The molecule has 0 radical (unpaired) electrons. The van der Waals surface area contributed by atoms with Gasteiger partial charge in [-0.2, -0.15) is 4.99 Å². The van der Waals surface area contributed by atoms with Gasteiger partial charge in [0.1, 0.15) is 0 Å². The lowest BCUT2D eigenvalue weighted by Crippen LogP contribution is -2.12. The predicted molar refractivity (Wildman–Crippen MR) is 75.6 cm³/mol. The van der Waals surface area contributed by atoms with Crippen LogP contribution in [0.5, 0.6) is 0 Å². The number of nitrogens with zero attached hydrogens (tertiary/aromatic N) is 2. The van der Waals surface area contributed by atoms with E-state index in [4.69, 9.17) is 0 Å². The van der Waals surface area contributed by atoms with E-state index < -0.39 is 0 Å². The number of thioether (sulfide) groups is 1. The fourth-order valence-electron chi connectivity index (χ4n) is 1.37. The van der Waals surface area contributed by atoms with Gasteiger partial charge in [0.2, 0.25) is 5.91 Å². The van der Waals surface area contributed by atoms with Crippen LogP contribution in [0.1, 0.15) is 6.42 Å². The first kappa shape index (κ1) is 13.1. The third-order valence-corrected chi connectivity index (χ3v) is 4.17. The Labute approximate surface area is 114 Å². The number of carbonyl (C=O) groups is 1. The number of amides is 1. The molecule has 5 heteroatoms. The van der Waals surface area contributed by atoms with Crippen LogP contribution in [0.25, 0.3) is 0 Å². The molecule has 1 aromatic carbocycles. The largest absolute Gasteiger partial charge is 0.327 e. The first-order valence-electron chi connectivity index (χ1n) is 5.61. The molecule has 0 saturated heterocycles. The Morgan fingerprint density at radius 3 is 2.83 bits per heavy atom. The van der Waals surface area contributed by atoms with Crippen molar-refractivity contribution in [3.8, 4) is 0 Å². The molecule has 3 nitrogen and oxygen atoms in total. The number of thiazole rings is 1. The molecule has 0 N–H and O–H groups in total. The van der Waals surface area contributed by atoms with Crippen LogP contribution in [-0.2, 0) is 11.8 Å². The van der Waals surface area contributed by atoms with E-state index in [1.807, 2.05) is 53.5 Å². The molecule has 94 valence electrons. The highest BCUT2D eigenvalue weighted by atomic mass is 32.2. The molecule has 0 aliphatic carbocycles. The number of rotatable bonds is 4. The Morgan fingerprint density at radius 1 is 1.39 bits per heavy atom. The smallest absolute Gasteiger partial charge is 0.249 e. The molecular formula is C13H14N2OS2. The monoisotopic (exact) mass is 278 g/mol. The molecule has 0 aliphatic rings. The van der Waals surface area contributed by atoms with Crippen LogP contribution in [0.3, 0.4) is 0 Å². The second-order valence-electron chi connectivity index (χ2n) is 3.71. The van der Waals surface area contributed by atoms with Gasteiger partial charge in [0.25, 0.3) is 0 Å². The number of carbonyl (C=O) groups excluding carboxylic acids is 1. The summed E-state index contributed by atoms with van der Waals surface area (Å²) >= 11 is 3.16. The van der Waals surface area contributed by atoms with E-state index in [9.17, 15) is 4.79 Å².